The highest BCUT2D eigenvalue weighted by molar-refractivity contribution is 9.10. The molecule has 2 heterocycles. The van der Waals surface area contributed by atoms with Crippen LogP contribution in [0.5, 0.6) is 11.5 Å². The number of halogens is 2. The highest BCUT2D eigenvalue weighted by Crippen LogP contribution is 2.48. The predicted molar refractivity (Wildman–Crippen MR) is 141 cm³/mol. The molecule has 0 aliphatic carbocycles. The molecule has 0 aromatic heterocycles. The topological polar surface area (TPSA) is 34.1 Å². The third kappa shape index (κ3) is 4.96. The molecule has 34 heavy (non-hydrogen) atoms. The summed E-state index contributed by atoms with van der Waals surface area (Å²) in [5.74, 6) is 1.79. The van der Waals surface area contributed by atoms with Crippen LogP contribution < -0.4 is 9.47 Å². The maximum Gasteiger partial charge on any atom is 0.213 e. The first-order valence-corrected chi connectivity index (χ1v) is 13.1. The summed E-state index contributed by atoms with van der Waals surface area (Å²) in [5.41, 5.74) is 4.32. The monoisotopic (exact) mass is 538 g/mol. The van der Waals surface area contributed by atoms with Crippen molar-refractivity contribution in [2.45, 2.75) is 51.3 Å². The van der Waals surface area contributed by atoms with Crippen molar-refractivity contribution in [3.05, 3.63) is 92.9 Å². The van der Waals surface area contributed by atoms with Crippen molar-refractivity contribution in [1.82, 2.24) is 5.01 Å². The highest BCUT2D eigenvalue weighted by atomic mass is 79.9. The summed E-state index contributed by atoms with van der Waals surface area (Å²) < 4.78 is 13.5. The summed E-state index contributed by atoms with van der Waals surface area (Å²) >= 11 is 9.73. The fourth-order valence-corrected chi connectivity index (χ4v) is 5.05. The van der Waals surface area contributed by atoms with E-state index in [1.165, 1.54) is 19.3 Å². The molecule has 4 nitrogen and oxygen atoms in total. The number of rotatable bonds is 8. The quantitative estimate of drug-likeness (QED) is 0.270. The van der Waals surface area contributed by atoms with Gasteiger partial charge < -0.3 is 9.47 Å². The number of fused-ring (bicyclic) bond motifs is 3. The van der Waals surface area contributed by atoms with E-state index in [9.17, 15) is 0 Å². The van der Waals surface area contributed by atoms with Gasteiger partial charge in [0.05, 0.1) is 18.4 Å². The minimum absolute atomic E-state index is 0.103. The van der Waals surface area contributed by atoms with Gasteiger partial charge in [0.15, 0.2) is 0 Å². The Morgan fingerprint density at radius 2 is 1.82 bits per heavy atom. The maximum absolute atomic E-state index is 6.49. The number of unbranched alkanes of at least 4 members (excludes halogenated alkanes) is 3. The Hall–Kier alpha value is -2.50. The maximum atomic E-state index is 6.49. The normalized spacial score (nSPS) is 18.7. The minimum atomic E-state index is -0.304. The Bertz CT molecular complexity index is 1160. The first-order valence-electron chi connectivity index (χ1n) is 11.9. The van der Waals surface area contributed by atoms with Gasteiger partial charge in [-0.3, -0.25) is 0 Å². The van der Waals surface area contributed by atoms with Gasteiger partial charge >= 0.3 is 0 Å². The van der Waals surface area contributed by atoms with E-state index in [2.05, 4.69) is 46.1 Å². The zero-order valence-electron chi connectivity index (χ0n) is 19.2. The Morgan fingerprint density at radius 1 is 1.03 bits per heavy atom. The van der Waals surface area contributed by atoms with E-state index in [-0.39, 0.29) is 12.3 Å². The van der Waals surface area contributed by atoms with Gasteiger partial charge in [-0.1, -0.05) is 65.8 Å². The third-order valence-electron chi connectivity index (χ3n) is 6.36. The van der Waals surface area contributed by atoms with Crippen LogP contribution in [0.3, 0.4) is 0 Å². The zero-order chi connectivity index (χ0) is 23.5. The van der Waals surface area contributed by atoms with Gasteiger partial charge in [-0.05, 0) is 66.6 Å². The second-order valence-electron chi connectivity index (χ2n) is 8.78. The van der Waals surface area contributed by atoms with Crippen molar-refractivity contribution < 1.29 is 9.47 Å². The van der Waals surface area contributed by atoms with Crippen LogP contribution in [0.1, 0.15) is 68.0 Å². The van der Waals surface area contributed by atoms with Gasteiger partial charge in [-0.2, -0.15) is 5.10 Å². The van der Waals surface area contributed by atoms with Gasteiger partial charge in [0.25, 0.3) is 0 Å². The average molecular weight is 540 g/mol. The highest BCUT2D eigenvalue weighted by Gasteiger charge is 2.41. The molecular weight excluding hydrogens is 512 g/mol. The first-order chi connectivity index (χ1) is 16.6. The largest absolute Gasteiger partial charge is 0.494 e. The second-order valence-corrected chi connectivity index (χ2v) is 10.1. The number of hydrogen-bond donors (Lipinski definition) is 0. The van der Waals surface area contributed by atoms with Gasteiger partial charge in [-0.25, -0.2) is 5.01 Å². The molecule has 0 saturated heterocycles. The van der Waals surface area contributed by atoms with E-state index < -0.39 is 0 Å². The molecule has 0 bridgehead atoms. The van der Waals surface area contributed by atoms with E-state index in [1.54, 1.807) is 0 Å². The molecular formula is C28H28BrClN2O2. The first kappa shape index (κ1) is 23.3. The molecule has 0 saturated carbocycles. The molecule has 176 valence electrons. The molecule has 0 fully saturated rings. The molecule has 0 unspecified atom stereocenters. The van der Waals surface area contributed by atoms with Crippen LogP contribution in [-0.4, -0.2) is 17.3 Å². The molecule has 3 aromatic carbocycles. The lowest BCUT2D eigenvalue weighted by atomic mass is 9.96. The molecule has 5 rings (SSSR count). The van der Waals surface area contributed by atoms with Crippen LogP contribution in [0.25, 0.3) is 0 Å². The Morgan fingerprint density at radius 3 is 2.59 bits per heavy atom. The van der Waals surface area contributed by atoms with Crippen molar-refractivity contribution in [3.63, 3.8) is 0 Å². The average Bonchev–Trinajstić information content (AvgIpc) is 3.30. The summed E-state index contributed by atoms with van der Waals surface area (Å²) in [7, 11) is 0. The molecule has 3 aromatic rings. The van der Waals surface area contributed by atoms with Gasteiger partial charge in [0.1, 0.15) is 11.5 Å². The van der Waals surface area contributed by atoms with E-state index >= 15 is 0 Å². The fourth-order valence-electron chi connectivity index (χ4n) is 4.54. The lowest BCUT2D eigenvalue weighted by Gasteiger charge is -2.38. The standard InChI is InChI=1S/C28H28BrClN2O2/c1-2-3-4-5-16-33-23-13-8-20(9-14-23)28-32-26(24-17-21(29)10-15-27(24)34-28)18-25(31-32)19-6-11-22(30)12-7-19/h6-15,17,26,28H,2-5,16,18H2,1H3/t26-,28-/m0/s1. The fraction of sp³-hybridized carbons (Fsp3) is 0.321. The van der Waals surface area contributed by atoms with Crippen molar-refractivity contribution in [1.29, 1.82) is 0 Å². The summed E-state index contributed by atoms with van der Waals surface area (Å²) in [4.78, 5) is 0. The lowest BCUT2D eigenvalue weighted by Crippen LogP contribution is -2.33. The van der Waals surface area contributed by atoms with Gasteiger partial charge in [-0.15, -0.1) is 0 Å². The van der Waals surface area contributed by atoms with Crippen molar-refractivity contribution in [2.75, 3.05) is 6.61 Å². The number of ether oxygens (including phenoxy) is 2. The van der Waals surface area contributed by atoms with Crippen LogP contribution in [0.4, 0.5) is 0 Å². The van der Waals surface area contributed by atoms with Crippen molar-refractivity contribution in [3.8, 4) is 11.5 Å². The van der Waals surface area contributed by atoms with Crippen LogP contribution in [0.2, 0.25) is 5.02 Å². The summed E-state index contributed by atoms with van der Waals surface area (Å²) in [5, 5.41) is 7.85. The van der Waals surface area contributed by atoms with E-state index in [1.807, 2.05) is 48.5 Å². The zero-order valence-corrected chi connectivity index (χ0v) is 21.6. The summed E-state index contributed by atoms with van der Waals surface area (Å²) in [6, 6.07) is 22.4. The summed E-state index contributed by atoms with van der Waals surface area (Å²) in [6.45, 7) is 2.97. The van der Waals surface area contributed by atoms with Gasteiger partial charge in [0, 0.05) is 27.0 Å². The van der Waals surface area contributed by atoms with Crippen LogP contribution in [0.15, 0.2) is 76.3 Å². The number of benzene rings is 3. The molecule has 0 amide bonds. The van der Waals surface area contributed by atoms with E-state index in [0.29, 0.717) is 0 Å². The van der Waals surface area contributed by atoms with Crippen LogP contribution in [-0.2, 0) is 0 Å². The number of hydrogen-bond acceptors (Lipinski definition) is 4. The Kier molecular flexibility index (Phi) is 7.12. The molecule has 0 radical (unpaired) electrons. The SMILES string of the molecule is CCCCCCOc1ccc([C@@H]2Oc3ccc(Br)cc3[C@@H]3CC(c4ccc(Cl)cc4)=NN32)cc1. The Labute approximate surface area is 214 Å². The Balaban J connectivity index is 1.40. The lowest BCUT2D eigenvalue weighted by molar-refractivity contribution is -0.0191. The molecule has 2 atom stereocenters. The molecule has 2 aliphatic heterocycles. The summed E-state index contributed by atoms with van der Waals surface area (Å²) in [6.07, 6.45) is 5.30. The second kappa shape index (κ2) is 10.4. The minimum Gasteiger partial charge on any atom is -0.494 e. The third-order valence-corrected chi connectivity index (χ3v) is 7.11. The van der Waals surface area contributed by atoms with Crippen molar-refractivity contribution in [2.24, 2.45) is 5.10 Å². The van der Waals surface area contributed by atoms with Crippen molar-refractivity contribution >= 4 is 33.2 Å². The molecule has 6 heteroatoms. The van der Waals surface area contributed by atoms with E-state index in [0.717, 1.165) is 62.8 Å². The van der Waals surface area contributed by atoms with E-state index in [4.69, 9.17) is 26.2 Å². The number of nitrogens with zero attached hydrogens (tertiary/aromatic N) is 2. The predicted octanol–water partition coefficient (Wildman–Crippen LogP) is 8.30. The number of hydrazone groups is 1. The molecule has 2 aliphatic rings. The molecule has 0 spiro atoms. The van der Waals surface area contributed by atoms with Crippen LogP contribution >= 0.6 is 27.5 Å². The smallest absolute Gasteiger partial charge is 0.213 e. The van der Waals surface area contributed by atoms with Crippen LogP contribution in [0, 0.1) is 0 Å². The molecule has 0 N–H and O–H groups in total. The van der Waals surface area contributed by atoms with Gasteiger partial charge in [0.2, 0.25) is 6.23 Å².